The summed E-state index contributed by atoms with van der Waals surface area (Å²) in [6.07, 6.45) is 3.06. The Kier molecular flexibility index (Phi) is 3.97. The van der Waals surface area contributed by atoms with E-state index in [1.807, 2.05) is 48.5 Å². The van der Waals surface area contributed by atoms with Gasteiger partial charge < -0.3 is 5.11 Å². The molecule has 1 unspecified atom stereocenters. The molecule has 2 heteroatoms. The number of hydrogen-bond donors (Lipinski definition) is 1. The van der Waals surface area contributed by atoms with E-state index >= 15 is 0 Å². The Labute approximate surface area is 106 Å². The van der Waals surface area contributed by atoms with E-state index in [1.165, 1.54) is 0 Å². The van der Waals surface area contributed by atoms with Gasteiger partial charge in [-0.1, -0.05) is 66.2 Å². The molecule has 2 aromatic carbocycles. The molecule has 1 nitrogen and oxygen atoms in total. The highest BCUT2D eigenvalue weighted by molar-refractivity contribution is 6.30. The average Bonchev–Trinajstić information content (AvgIpc) is 2.38. The number of halogens is 1. The van der Waals surface area contributed by atoms with Crippen LogP contribution in [0.5, 0.6) is 0 Å². The number of hydrogen-bond acceptors (Lipinski definition) is 1. The maximum atomic E-state index is 9.94. The van der Waals surface area contributed by atoms with Gasteiger partial charge >= 0.3 is 0 Å². The number of rotatable bonds is 3. The van der Waals surface area contributed by atoms with E-state index in [1.54, 1.807) is 18.2 Å². The lowest BCUT2D eigenvalue weighted by Crippen LogP contribution is -1.91. The molecule has 0 fully saturated rings. The first-order valence-electron chi connectivity index (χ1n) is 5.42. The van der Waals surface area contributed by atoms with Gasteiger partial charge in [0, 0.05) is 5.02 Å². The average molecular weight is 245 g/mol. The Hall–Kier alpha value is -1.57. The number of aliphatic hydroxyl groups excluding tert-OH is 1. The van der Waals surface area contributed by atoms with Crippen molar-refractivity contribution in [2.75, 3.05) is 0 Å². The Morgan fingerprint density at radius 1 is 0.941 bits per heavy atom. The summed E-state index contributed by atoms with van der Waals surface area (Å²) in [7, 11) is 0. The largest absolute Gasteiger partial charge is 0.384 e. The van der Waals surface area contributed by atoms with Crippen LogP contribution in [0, 0.1) is 0 Å². The zero-order valence-corrected chi connectivity index (χ0v) is 10.0. The fraction of sp³-hybridized carbons (Fsp3) is 0.0667. The van der Waals surface area contributed by atoms with Gasteiger partial charge in [-0.15, -0.1) is 0 Å². The highest BCUT2D eigenvalue weighted by Gasteiger charge is 2.02. The number of benzene rings is 2. The molecule has 1 N–H and O–H groups in total. The topological polar surface area (TPSA) is 20.2 Å². The molecular weight excluding hydrogens is 232 g/mol. The van der Waals surface area contributed by atoms with Gasteiger partial charge in [-0.3, -0.25) is 0 Å². The highest BCUT2D eigenvalue weighted by Crippen LogP contribution is 2.18. The lowest BCUT2D eigenvalue weighted by atomic mass is 10.1. The molecule has 2 rings (SSSR count). The lowest BCUT2D eigenvalue weighted by Gasteiger charge is -2.05. The molecule has 0 radical (unpaired) electrons. The second-order valence-electron chi connectivity index (χ2n) is 3.77. The summed E-state index contributed by atoms with van der Waals surface area (Å²) in [6, 6.07) is 17.1. The molecule has 0 aliphatic heterocycles. The van der Waals surface area contributed by atoms with Crippen molar-refractivity contribution in [3.05, 3.63) is 76.8 Å². The van der Waals surface area contributed by atoms with Gasteiger partial charge in [0.25, 0.3) is 0 Å². The van der Waals surface area contributed by atoms with Gasteiger partial charge in [-0.25, -0.2) is 0 Å². The van der Waals surface area contributed by atoms with Gasteiger partial charge in [-0.05, 0) is 23.3 Å². The molecule has 0 heterocycles. The smallest absolute Gasteiger partial charge is 0.0975 e. The van der Waals surface area contributed by atoms with Crippen LogP contribution in [0.2, 0.25) is 5.02 Å². The van der Waals surface area contributed by atoms with Crippen LogP contribution in [0.15, 0.2) is 60.7 Å². The molecule has 0 aliphatic rings. The summed E-state index contributed by atoms with van der Waals surface area (Å²) in [5, 5.41) is 10.6. The quantitative estimate of drug-likeness (QED) is 0.862. The van der Waals surface area contributed by atoms with Crippen molar-refractivity contribution in [1.29, 1.82) is 0 Å². The highest BCUT2D eigenvalue weighted by atomic mass is 35.5. The fourth-order valence-electron chi connectivity index (χ4n) is 1.54. The molecular formula is C15H13ClO. The van der Waals surface area contributed by atoms with E-state index in [0.29, 0.717) is 5.02 Å². The third-order valence-corrected chi connectivity index (χ3v) is 2.73. The Morgan fingerprint density at radius 2 is 1.59 bits per heavy atom. The standard InChI is InChI=1S/C15H13ClO/c16-14-9-7-13(8-10-14)15(17)11-6-12-4-2-1-3-5-12/h1-11,15,17H/b11-6-. The van der Waals surface area contributed by atoms with Crippen molar-refractivity contribution >= 4 is 17.7 Å². The second-order valence-corrected chi connectivity index (χ2v) is 4.20. The fourth-order valence-corrected chi connectivity index (χ4v) is 1.66. The van der Waals surface area contributed by atoms with E-state index < -0.39 is 6.10 Å². The molecule has 86 valence electrons. The van der Waals surface area contributed by atoms with E-state index in [0.717, 1.165) is 11.1 Å². The summed E-state index contributed by atoms with van der Waals surface area (Å²) in [4.78, 5) is 0. The van der Waals surface area contributed by atoms with Gasteiger partial charge in [-0.2, -0.15) is 0 Å². The monoisotopic (exact) mass is 244 g/mol. The van der Waals surface area contributed by atoms with Crippen LogP contribution in [0.4, 0.5) is 0 Å². The van der Waals surface area contributed by atoms with Crippen molar-refractivity contribution in [2.45, 2.75) is 6.10 Å². The van der Waals surface area contributed by atoms with Crippen LogP contribution < -0.4 is 0 Å². The lowest BCUT2D eigenvalue weighted by molar-refractivity contribution is 0.229. The third kappa shape index (κ3) is 3.45. The third-order valence-electron chi connectivity index (χ3n) is 2.48. The minimum atomic E-state index is -0.604. The summed E-state index contributed by atoms with van der Waals surface area (Å²) >= 11 is 5.79. The predicted molar refractivity (Wildman–Crippen MR) is 71.9 cm³/mol. The van der Waals surface area contributed by atoms with Gasteiger partial charge in [0.1, 0.15) is 0 Å². The molecule has 17 heavy (non-hydrogen) atoms. The maximum absolute atomic E-state index is 9.94. The van der Waals surface area contributed by atoms with E-state index in [2.05, 4.69) is 0 Å². The summed E-state index contributed by atoms with van der Waals surface area (Å²) in [6.45, 7) is 0. The molecule has 0 amide bonds. The van der Waals surface area contributed by atoms with Crippen molar-refractivity contribution < 1.29 is 5.11 Å². The van der Waals surface area contributed by atoms with Crippen LogP contribution in [-0.4, -0.2) is 5.11 Å². The zero-order chi connectivity index (χ0) is 12.1. The normalized spacial score (nSPS) is 12.8. The van der Waals surface area contributed by atoms with Crippen LogP contribution in [-0.2, 0) is 0 Å². The molecule has 0 saturated carbocycles. The van der Waals surface area contributed by atoms with Gasteiger partial charge in [0.15, 0.2) is 0 Å². The first kappa shape index (κ1) is 11.9. The molecule has 0 aliphatic carbocycles. The van der Waals surface area contributed by atoms with Crippen molar-refractivity contribution in [2.24, 2.45) is 0 Å². The Morgan fingerprint density at radius 3 is 2.24 bits per heavy atom. The minimum Gasteiger partial charge on any atom is -0.384 e. The summed E-state index contributed by atoms with van der Waals surface area (Å²) in [5.74, 6) is 0. The van der Waals surface area contributed by atoms with Crippen molar-refractivity contribution in [3.8, 4) is 0 Å². The molecule has 2 aromatic rings. The minimum absolute atomic E-state index is 0.604. The first-order chi connectivity index (χ1) is 8.25. The SMILES string of the molecule is OC(/C=C\c1ccccc1)c1ccc(Cl)cc1. The van der Waals surface area contributed by atoms with Crippen molar-refractivity contribution in [1.82, 2.24) is 0 Å². The molecule has 0 bridgehead atoms. The summed E-state index contributed by atoms with van der Waals surface area (Å²) < 4.78 is 0. The van der Waals surface area contributed by atoms with E-state index in [9.17, 15) is 5.11 Å². The first-order valence-corrected chi connectivity index (χ1v) is 5.80. The number of aliphatic hydroxyl groups is 1. The molecule has 0 aromatic heterocycles. The Bertz CT molecular complexity index is 488. The van der Waals surface area contributed by atoms with Crippen LogP contribution in [0.1, 0.15) is 17.2 Å². The predicted octanol–water partition coefficient (Wildman–Crippen LogP) is 4.09. The summed E-state index contributed by atoms with van der Waals surface area (Å²) in [5.41, 5.74) is 1.90. The second kappa shape index (κ2) is 5.67. The van der Waals surface area contributed by atoms with E-state index in [4.69, 9.17) is 11.6 Å². The zero-order valence-electron chi connectivity index (χ0n) is 9.25. The van der Waals surface area contributed by atoms with Crippen LogP contribution in [0.3, 0.4) is 0 Å². The van der Waals surface area contributed by atoms with E-state index in [-0.39, 0.29) is 0 Å². The van der Waals surface area contributed by atoms with Crippen molar-refractivity contribution in [3.63, 3.8) is 0 Å². The molecule has 0 saturated heterocycles. The van der Waals surface area contributed by atoms with Gasteiger partial charge in [0.2, 0.25) is 0 Å². The van der Waals surface area contributed by atoms with Gasteiger partial charge in [0.05, 0.1) is 6.10 Å². The van der Waals surface area contributed by atoms with Crippen LogP contribution in [0.25, 0.3) is 6.08 Å². The molecule has 0 spiro atoms. The molecule has 1 atom stereocenters. The Balaban J connectivity index is 2.09. The maximum Gasteiger partial charge on any atom is 0.0975 e. The van der Waals surface area contributed by atoms with Crippen LogP contribution >= 0.6 is 11.6 Å².